The minimum Gasteiger partial charge on any atom is -0.296 e. The summed E-state index contributed by atoms with van der Waals surface area (Å²) in [6, 6.07) is 7.80. The third-order valence-electron chi connectivity index (χ3n) is 2.39. The molecular weight excluding hydrogens is 188 g/mol. The number of benzene rings is 1. The predicted octanol–water partition coefficient (Wildman–Crippen LogP) is 2.30. The molecule has 0 bridgehead atoms. The van der Waals surface area contributed by atoms with Crippen molar-refractivity contribution in [1.82, 2.24) is 9.78 Å². The molecule has 1 aromatic heterocycles. The van der Waals surface area contributed by atoms with Crippen LogP contribution in [0, 0.1) is 13.8 Å². The van der Waals surface area contributed by atoms with Crippen molar-refractivity contribution in [3.63, 3.8) is 0 Å². The molecule has 0 N–H and O–H groups in total. The Kier molecular flexibility index (Phi) is 2.37. The molecule has 1 heterocycles. The minimum absolute atomic E-state index is 0.573. The highest BCUT2D eigenvalue weighted by Gasteiger charge is 2.06. The van der Waals surface area contributed by atoms with E-state index in [4.69, 9.17) is 0 Å². The zero-order chi connectivity index (χ0) is 10.8. The first-order chi connectivity index (χ1) is 7.22. The third-order valence-corrected chi connectivity index (χ3v) is 2.39. The van der Waals surface area contributed by atoms with Gasteiger partial charge < -0.3 is 0 Å². The second-order valence-corrected chi connectivity index (χ2v) is 3.58. The van der Waals surface area contributed by atoms with Gasteiger partial charge in [0, 0.05) is 0 Å². The standard InChI is InChI=1S/C12H12N2O/c1-9-3-4-10(2)12(7-9)14-11(8-15)5-6-13-14/h3-8H,1-2H3. The zero-order valence-corrected chi connectivity index (χ0v) is 8.77. The van der Waals surface area contributed by atoms with E-state index in [0.29, 0.717) is 5.69 Å². The molecule has 0 saturated heterocycles. The monoisotopic (exact) mass is 200 g/mol. The van der Waals surface area contributed by atoms with Crippen molar-refractivity contribution < 1.29 is 4.79 Å². The Bertz CT molecular complexity index is 500. The van der Waals surface area contributed by atoms with Crippen molar-refractivity contribution in [3.05, 3.63) is 47.3 Å². The van der Waals surface area contributed by atoms with Gasteiger partial charge in [-0.05, 0) is 37.1 Å². The Morgan fingerprint density at radius 1 is 1.27 bits per heavy atom. The Morgan fingerprint density at radius 3 is 2.80 bits per heavy atom. The maximum absolute atomic E-state index is 10.8. The second-order valence-electron chi connectivity index (χ2n) is 3.58. The highest BCUT2D eigenvalue weighted by molar-refractivity contribution is 5.73. The van der Waals surface area contributed by atoms with Crippen LogP contribution in [0.15, 0.2) is 30.5 Å². The number of aryl methyl sites for hydroxylation is 2. The first kappa shape index (κ1) is 9.65. The van der Waals surface area contributed by atoms with E-state index in [1.165, 1.54) is 0 Å². The fourth-order valence-corrected chi connectivity index (χ4v) is 1.55. The minimum atomic E-state index is 0.573. The number of carbonyl (C=O) groups excluding carboxylic acids is 1. The van der Waals surface area contributed by atoms with Gasteiger partial charge >= 0.3 is 0 Å². The molecule has 0 aliphatic heterocycles. The van der Waals surface area contributed by atoms with Gasteiger partial charge in [-0.15, -0.1) is 0 Å². The zero-order valence-electron chi connectivity index (χ0n) is 8.77. The van der Waals surface area contributed by atoms with E-state index >= 15 is 0 Å². The maximum atomic E-state index is 10.8. The Labute approximate surface area is 88.4 Å². The van der Waals surface area contributed by atoms with Crippen molar-refractivity contribution in [2.75, 3.05) is 0 Å². The fourth-order valence-electron chi connectivity index (χ4n) is 1.55. The van der Waals surface area contributed by atoms with Crippen LogP contribution in [0.25, 0.3) is 5.69 Å². The number of aldehydes is 1. The SMILES string of the molecule is Cc1ccc(C)c(-n2nccc2C=O)c1. The molecule has 0 saturated carbocycles. The van der Waals surface area contributed by atoms with Crippen LogP contribution in [0.2, 0.25) is 0 Å². The topological polar surface area (TPSA) is 34.9 Å². The lowest BCUT2D eigenvalue weighted by Crippen LogP contribution is -2.03. The van der Waals surface area contributed by atoms with Crippen molar-refractivity contribution >= 4 is 6.29 Å². The Hall–Kier alpha value is -1.90. The van der Waals surface area contributed by atoms with Crippen LogP contribution in [-0.2, 0) is 0 Å². The van der Waals surface area contributed by atoms with Gasteiger partial charge in [-0.25, -0.2) is 4.68 Å². The molecule has 2 aromatic rings. The molecular formula is C12H12N2O. The second kappa shape index (κ2) is 3.69. The summed E-state index contributed by atoms with van der Waals surface area (Å²) in [6.07, 6.45) is 2.44. The summed E-state index contributed by atoms with van der Waals surface area (Å²) in [4.78, 5) is 10.8. The van der Waals surface area contributed by atoms with E-state index in [-0.39, 0.29) is 0 Å². The summed E-state index contributed by atoms with van der Waals surface area (Å²) in [7, 11) is 0. The molecule has 0 radical (unpaired) electrons. The van der Waals surface area contributed by atoms with Crippen LogP contribution in [0.3, 0.4) is 0 Å². The van der Waals surface area contributed by atoms with E-state index in [1.807, 2.05) is 32.0 Å². The molecule has 0 aliphatic carbocycles. The van der Waals surface area contributed by atoms with Crippen molar-refractivity contribution in [2.24, 2.45) is 0 Å². The fraction of sp³-hybridized carbons (Fsp3) is 0.167. The number of aromatic nitrogens is 2. The van der Waals surface area contributed by atoms with Gasteiger partial charge in [-0.3, -0.25) is 4.79 Å². The van der Waals surface area contributed by atoms with Gasteiger partial charge in [0.15, 0.2) is 6.29 Å². The van der Waals surface area contributed by atoms with Gasteiger partial charge in [-0.2, -0.15) is 5.10 Å². The Morgan fingerprint density at radius 2 is 2.07 bits per heavy atom. The molecule has 3 nitrogen and oxygen atoms in total. The quantitative estimate of drug-likeness (QED) is 0.697. The lowest BCUT2D eigenvalue weighted by atomic mass is 10.1. The molecule has 1 aromatic carbocycles. The largest absolute Gasteiger partial charge is 0.296 e. The first-order valence-corrected chi connectivity index (χ1v) is 4.79. The van der Waals surface area contributed by atoms with E-state index in [9.17, 15) is 4.79 Å². The van der Waals surface area contributed by atoms with Crippen LogP contribution in [0.4, 0.5) is 0 Å². The van der Waals surface area contributed by atoms with E-state index in [0.717, 1.165) is 23.1 Å². The molecule has 0 spiro atoms. The van der Waals surface area contributed by atoms with Crippen LogP contribution in [0.5, 0.6) is 0 Å². The van der Waals surface area contributed by atoms with Crippen molar-refractivity contribution in [1.29, 1.82) is 0 Å². The van der Waals surface area contributed by atoms with Gasteiger partial charge in [0.1, 0.15) is 5.69 Å². The Balaban J connectivity index is 2.62. The van der Waals surface area contributed by atoms with Crippen molar-refractivity contribution in [2.45, 2.75) is 13.8 Å². The van der Waals surface area contributed by atoms with E-state index in [2.05, 4.69) is 5.10 Å². The summed E-state index contributed by atoms with van der Waals surface area (Å²) < 4.78 is 1.66. The van der Waals surface area contributed by atoms with Crippen LogP contribution in [-0.4, -0.2) is 16.1 Å². The van der Waals surface area contributed by atoms with E-state index < -0.39 is 0 Å². The lowest BCUT2D eigenvalue weighted by molar-refractivity contribution is 0.111. The predicted molar refractivity (Wildman–Crippen MR) is 58.4 cm³/mol. The summed E-state index contributed by atoms with van der Waals surface area (Å²) in [6.45, 7) is 4.03. The first-order valence-electron chi connectivity index (χ1n) is 4.79. The molecule has 0 unspecified atom stereocenters. The molecule has 0 atom stereocenters. The summed E-state index contributed by atoms with van der Waals surface area (Å²) in [5.41, 5.74) is 3.79. The number of carbonyl (C=O) groups is 1. The number of nitrogens with zero attached hydrogens (tertiary/aromatic N) is 2. The normalized spacial score (nSPS) is 10.3. The molecule has 3 heteroatoms. The van der Waals surface area contributed by atoms with Gasteiger partial charge in [0.05, 0.1) is 11.9 Å². The molecule has 0 fully saturated rings. The van der Waals surface area contributed by atoms with Gasteiger partial charge in [0.2, 0.25) is 0 Å². The lowest BCUT2D eigenvalue weighted by Gasteiger charge is -2.08. The molecule has 0 amide bonds. The highest BCUT2D eigenvalue weighted by atomic mass is 16.1. The smallest absolute Gasteiger partial charge is 0.168 e. The highest BCUT2D eigenvalue weighted by Crippen LogP contribution is 2.16. The van der Waals surface area contributed by atoms with Crippen molar-refractivity contribution in [3.8, 4) is 5.69 Å². The van der Waals surface area contributed by atoms with Gasteiger partial charge in [0.25, 0.3) is 0 Å². The molecule has 0 aliphatic rings. The van der Waals surface area contributed by atoms with Crippen LogP contribution >= 0.6 is 0 Å². The maximum Gasteiger partial charge on any atom is 0.168 e. The van der Waals surface area contributed by atoms with Crippen LogP contribution < -0.4 is 0 Å². The molecule has 2 rings (SSSR count). The summed E-state index contributed by atoms with van der Waals surface area (Å²) >= 11 is 0. The number of hydrogen-bond donors (Lipinski definition) is 0. The number of hydrogen-bond acceptors (Lipinski definition) is 2. The third kappa shape index (κ3) is 1.68. The molecule has 15 heavy (non-hydrogen) atoms. The average Bonchev–Trinajstić information content (AvgIpc) is 2.69. The summed E-state index contributed by atoms with van der Waals surface area (Å²) in [5.74, 6) is 0. The molecule has 76 valence electrons. The van der Waals surface area contributed by atoms with Crippen LogP contribution in [0.1, 0.15) is 21.6 Å². The van der Waals surface area contributed by atoms with E-state index in [1.54, 1.807) is 16.9 Å². The number of rotatable bonds is 2. The van der Waals surface area contributed by atoms with Gasteiger partial charge in [-0.1, -0.05) is 12.1 Å². The summed E-state index contributed by atoms with van der Waals surface area (Å²) in [5, 5.41) is 4.14. The average molecular weight is 200 g/mol.